The van der Waals surface area contributed by atoms with Gasteiger partial charge < -0.3 is 4.90 Å². The second kappa shape index (κ2) is 4.66. The molecule has 0 aromatic carbocycles. The van der Waals surface area contributed by atoms with Gasteiger partial charge in [0.2, 0.25) is 0 Å². The predicted molar refractivity (Wildman–Crippen MR) is 68.2 cm³/mol. The lowest BCUT2D eigenvalue weighted by Gasteiger charge is -2.16. The Morgan fingerprint density at radius 2 is 2.35 bits per heavy atom. The molecule has 94 valence electrons. The molecular weight excluding hydrogens is 260 g/mol. The standard InChI is InChI=1S/C10H14N2O3S2/c1-17(14,15)8-4-5-12(7-8)10(13)11-9-3-2-6-16-9/h2-3,6,8H,4-5,7H2,1H3,(H,11,13)/t8-/m0/s1. The van der Waals surface area contributed by atoms with Crippen LogP contribution >= 0.6 is 11.3 Å². The molecule has 0 unspecified atom stereocenters. The van der Waals surface area contributed by atoms with Crippen LogP contribution in [0.15, 0.2) is 17.5 Å². The van der Waals surface area contributed by atoms with Crippen molar-refractivity contribution < 1.29 is 13.2 Å². The molecule has 1 aliphatic rings. The molecule has 1 saturated heterocycles. The molecule has 0 aliphatic carbocycles. The van der Waals surface area contributed by atoms with Crippen LogP contribution < -0.4 is 5.32 Å². The lowest BCUT2D eigenvalue weighted by Crippen LogP contribution is -2.34. The molecule has 1 aliphatic heterocycles. The first kappa shape index (κ1) is 12.4. The van der Waals surface area contributed by atoms with Gasteiger partial charge in [0, 0.05) is 19.3 Å². The highest BCUT2D eigenvalue weighted by Gasteiger charge is 2.32. The summed E-state index contributed by atoms with van der Waals surface area (Å²) in [5.74, 6) is 0. The van der Waals surface area contributed by atoms with E-state index in [-0.39, 0.29) is 12.6 Å². The first-order valence-electron chi connectivity index (χ1n) is 5.25. The molecule has 7 heteroatoms. The molecule has 1 atom stereocenters. The molecular formula is C10H14N2O3S2. The second-order valence-corrected chi connectivity index (χ2v) is 7.37. The van der Waals surface area contributed by atoms with Gasteiger partial charge in [0.1, 0.15) is 0 Å². The minimum absolute atomic E-state index is 0.224. The van der Waals surface area contributed by atoms with Gasteiger partial charge in [-0.25, -0.2) is 13.2 Å². The van der Waals surface area contributed by atoms with E-state index in [4.69, 9.17) is 0 Å². The van der Waals surface area contributed by atoms with Crippen molar-refractivity contribution in [2.24, 2.45) is 0 Å². The smallest absolute Gasteiger partial charge is 0.322 e. The van der Waals surface area contributed by atoms with Crippen LogP contribution in [-0.4, -0.2) is 43.9 Å². The highest BCUT2D eigenvalue weighted by molar-refractivity contribution is 7.91. The van der Waals surface area contributed by atoms with E-state index in [0.29, 0.717) is 13.0 Å². The van der Waals surface area contributed by atoms with Crippen LogP contribution in [0.2, 0.25) is 0 Å². The number of sulfone groups is 1. The monoisotopic (exact) mass is 274 g/mol. The van der Waals surface area contributed by atoms with Crippen molar-refractivity contribution in [1.29, 1.82) is 0 Å². The van der Waals surface area contributed by atoms with E-state index in [2.05, 4.69) is 5.32 Å². The molecule has 2 rings (SSSR count). The molecule has 5 nitrogen and oxygen atoms in total. The Labute approximate surface area is 104 Å². The lowest BCUT2D eigenvalue weighted by atomic mass is 10.4. The van der Waals surface area contributed by atoms with Gasteiger partial charge in [-0.3, -0.25) is 5.32 Å². The van der Waals surface area contributed by atoms with Gasteiger partial charge in [-0.05, 0) is 23.9 Å². The number of carbonyl (C=O) groups excluding carboxylic acids is 1. The number of nitrogens with one attached hydrogen (secondary N) is 1. The van der Waals surface area contributed by atoms with Gasteiger partial charge >= 0.3 is 6.03 Å². The van der Waals surface area contributed by atoms with Gasteiger partial charge in [-0.15, -0.1) is 11.3 Å². The summed E-state index contributed by atoms with van der Waals surface area (Å²) in [7, 11) is -3.05. The summed E-state index contributed by atoms with van der Waals surface area (Å²) >= 11 is 1.44. The Hall–Kier alpha value is -1.08. The SMILES string of the molecule is CS(=O)(=O)[C@H]1CCN(C(=O)Nc2cccs2)C1. The number of urea groups is 1. The Bertz CT molecular complexity index is 496. The van der Waals surface area contributed by atoms with Gasteiger partial charge in [0.25, 0.3) is 0 Å². The number of likely N-dealkylation sites (tertiary alicyclic amines) is 1. The van der Waals surface area contributed by atoms with E-state index >= 15 is 0 Å². The third kappa shape index (κ3) is 2.98. The molecule has 17 heavy (non-hydrogen) atoms. The molecule has 0 radical (unpaired) electrons. The minimum Gasteiger partial charge on any atom is -0.323 e. The number of nitrogens with zero attached hydrogens (tertiary/aromatic N) is 1. The second-order valence-electron chi connectivity index (χ2n) is 4.09. The number of hydrogen-bond donors (Lipinski definition) is 1. The van der Waals surface area contributed by atoms with Gasteiger partial charge in [0.15, 0.2) is 9.84 Å². The summed E-state index contributed by atoms with van der Waals surface area (Å²) in [6.07, 6.45) is 1.75. The summed E-state index contributed by atoms with van der Waals surface area (Å²) in [5, 5.41) is 4.98. The van der Waals surface area contributed by atoms with E-state index in [0.717, 1.165) is 5.00 Å². The van der Waals surface area contributed by atoms with Crippen LogP contribution in [0.5, 0.6) is 0 Å². The van der Waals surface area contributed by atoms with Gasteiger partial charge in [0.05, 0.1) is 10.3 Å². The summed E-state index contributed by atoms with van der Waals surface area (Å²) in [5.41, 5.74) is 0. The van der Waals surface area contributed by atoms with E-state index in [1.807, 2.05) is 17.5 Å². The zero-order valence-electron chi connectivity index (χ0n) is 9.42. The summed E-state index contributed by atoms with van der Waals surface area (Å²) in [6, 6.07) is 3.44. The highest BCUT2D eigenvalue weighted by Crippen LogP contribution is 2.19. The van der Waals surface area contributed by atoms with Gasteiger partial charge in [-0.1, -0.05) is 0 Å². The lowest BCUT2D eigenvalue weighted by molar-refractivity contribution is 0.222. The molecule has 1 fully saturated rings. The average molecular weight is 274 g/mol. The number of amides is 2. The quantitative estimate of drug-likeness (QED) is 0.886. The third-order valence-corrected chi connectivity index (χ3v) is 5.17. The maximum Gasteiger partial charge on any atom is 0.322 e. The molecule has 1 N–H and O–H groups in total. The number of thiophene rings is 1. The van der Waals surface area contributed by atoms with Crippen molar-refractivity contribution in [3.8, 4) is 0 Å². The minimum atomic E-state index is -3.05. The number of hydrogen-bond acceptors (Lipinski definition) is 4. The van der Waals surface area contributed by atoms with Crippen LogP contribution in [-0.2, 0) is 9.84 Å². The van der Waals surface area contributed by atoms with Crippen LogP contribution in [0.3, 0.4) is 0 Å². The molecule has 0 spiro atoms. The van der Waals surface area contributed by atoms with Crippen molar-refractivity contribution in [2.45, 2.75) is 11.7 Å². The summed E-state index contributed by atoms with van der Waals surface area (Å²) in [6.45, 7) is 0.783. The van der Waals surface area contributed by atoms with Crippen LogP contribution in [0.25, 0.3) is 0 Å². The van der Waals surface area contributed by atoms with E-state index in [9.17, 15) is 13.2 Å². The van der Waals surface area contributed by atoms with Crippen LogP contribution in [0.1, 0.15) is 6.42 Å². The fourth-order valence-corrected chi connectivity index (χ4v) is 3.39. The maximum absolute atomic E-state index is 11.8. The number of carbonyl (C=O) groups is 1. The topological polar surface area (TPSA) is 66.5 Å². The maximum atomic E-state index is 11.8. The van der Waals surface area contributed by atoms with Crippen LogP contribution in [0, 0.1) is 0 Å². The predicted octanol–water partition coefficient (Wildman–Crippen LogP) is 1.40. The fourth-order valence-electron chi connectivity index (χ4n) is 1.80. The fraction of sp³-hybridized carbons (Fsp3) is 0.500. The van der Waals surface area contributed by atoms with E-state index < -0.39 is 15.1 Å². The molecule has 1 aromatic rings. The largest absolute Gasteiger partial charge is 0.323 e. The number of rotatable bonds is 2. The molecule has 2 amide bonds. The summed E-state index contributed by atoms with van der Waals surface area (Å²) < 4.78 is 22.7. The Morgan fingerprint density at radius 3 is 2.88 bits per heavy atom. The first-order valence-corrected chi connectivity index (χ1v) is 8.08. The molecule has 1 aromatic heterocycles. The zero-order chi connectivity index (χ0) is 12.5. The average Bonchev–Trinajstić information content (AvgIpc) is 2.85. The highest BCUT2D eigenvalue weighted by atomic mass is 32.2. The van der Waals surface area contributed by atoms with Crippen LogP contribution in [0.4, 0.5) is 9.80 Å². The third-order valence-electron chi connectivity index (χ3n) is 2.79. The van der Waals surface area contributed by atoms with Crippen molar-refractivity contribution >= 4 is 32.2 Å². The molecule has 0 saturated carbocycles. The van der Waals surface area contributed by atoms with E-state index in [1.165, 1.54) is 17.6 Å². The number of anilines is 1. The normalized spacial score (nSPS) is 20.5. The van der Waals surface area contributed by atoms with E-state index in [1.54, 1.807) is 4.90 Å². The zero-order valence-corrected chi connectivity index (χ0v) is 11.1. The molecule has 0 bridgehead atoms. The Kier molecular flexibility index (Phi) is 3.39. The van der Waals surface area contributed by atoms with Gasteiger partial charge in [-0.2, -0.15) is 0 Å². The van der Waals surface area contributed by atoms with Crippen molar-refractivity contribution in [2.75, 3.05) is 24.7 Å². The van der Waals surface area contributed by atoms with Crippen molar-refractivity contribution in [3.05, 3.63) is 17.5 Å². The van der Waals surface area contributed by atoms with Crippen molar-refractivity contribution in [3.63, 3.8) is 0 Å². The Morgan fingerprint density at radius 1 is 1.59 bits per heavy atom. The Balaban J connectivity index is 1.95. The molecule has 2 heterocycles. The van der Waals surface area contributed by atoms with Crippen molar-refractivity contribution in [1.82, 2.24) is 4.90 Å². The first-order chi connectivity index (χ1) is 7.97. The summed E-state index contributed by atoms with van der Waals surface area (Å²) in [4.78, 5) is 13.4.